The van der Waals surface area contributed by atoms with Gasteiger partial charge >= 0.3 is 5.97 Å². The Bertz CT molecular complexity index is 1750. The zero-order valence-electron chi connectivity index (χ0n) is 33.3. The molecule has 1 N–H and O–H groups in total. The van der Waals surface area contributed by atoms with Crippen molar-refractivity contribution in [2.75, 3.05) is 51.2 Å². The van der Waals surface area contributed by atoms with Gasteiger partial charge in [-0.05, 0) is 86.1 Å². The standard InChI is InChI=1S/C35H42N3O5P.C2H5Cl.2C2H6.2Y/c1-5-6-7-12-32(23(2)44)43-33-21-31-27(26-10-8-9-11-28(26)33)15-16-38(31)35(40)30-20-24-19-25(13-14-29(24)36-30)42-18-17-37(3)22-34(39)41-4;1-2-3;2*1-2;;/h7,10-14,19-21,32,36,44H,5-6,8-9,15-18,22H2,1-4H3;2H2,1H3;2*1-2H3;;. The van der Waals surface area contributed by atoms with Gasteiger partial charge in [0.2, 0.25) is 0 Å². The zero-order chi connectivity index (χ0) is 37.9. The van der Waals surface area contributed by atoms with E-state index in [0.29, 0.717) is 31.1 Å². The van der Waals surface area contributed by atoms with Gasteiger partial charge in [-0.25, -0.2) is 0 Å². The van der Waals surface area contributed by atoms with Crippen LogP contribution in [-0.4, -0.2) is 79.4 Å². The fourth-order valence-electron chi connectivity index (χ4n) is 5.72. The number of H-pyrrole nitrogens is 1. The average molecular weight is 918 g/mol. The predicted octanol–water partition coefficient (Wildman–Crippen LogP) is 7.94. The van der Waals surface area contributed by atoms with Crippen molar-refractivity contribution < 1.29 is 89.2 Å². The third-order valence-corrected chi connectivity index (χ3v) is 8.37. The van der Waals surface area contributed by atoms with E-state index >= 15 is 0 Å². The molecule has 1 aromatic heterocycles. The van der Waals surface area contributed by atoms with Crippen molar-refractivity contribution in [3.8, 4) is 11.5 Å². The molecule has 3 aromatic rings. The number of ether oxygens (including phenoxy) is 3. The van der Waals surface area contributed by atoms with Crippen molar-refractivity contribution in [3.63, 3.8) is 0 Å². The van der Waals surface area contributed by atoms with Crippen LogP contribution < -0.4 is 24.8 Å². The number of carbonyl (C=O) groups excluding carboxylic acids is 2. The fourth-order valence-corrected chi connectivity index (χ4v) is 5.87. The average Bonchev–Trinajstić information content (AvgIpc) is 3.77. The van der Waals surface area contributed by atoms with Crippen molar-refractivity contribution >= 4 is 66.4 Å². The quantitative estimate of drug-likeness (QED) is 0.0813. The molecule has 0 spiro atoms. The predicted molar refractivity (Wildman–Crippen MR) is 219 cm³/mol. The van der Waals surface area contributed by atoms with E-state index in [0.717, 1.165) is 70.8 Å². The van der Waals surface area contributed by atoms with E-state index in [9.17, 15) is 9.59 Å². The summed E-state index contributed by atoms with van der Waals surface area (Å²) in [6.45, 7) is 15.9. The SMILES string of the molecule is CC.CC.CCCC=CC(Oc1cc2c(c3c1=CCCC=3)CCN2C(=O)c1cc2cc(OCCN(C)CC(=O)OC)ccc2[nH]1)C(C)=P.CCCl.[Y].[Y]. The van der Waals surface area contributed by atoms with Gasteiger partial charge in [0.05, 0.1) is 19.3 Å². The molecular weight excluding hydrogens is 859 g/mol. The number of unbranched alkanes of at least 4 members (excludes halogenated alkanes) is 1. The summed E-state index contributed by atoms with van der Waals surface area (Å²) in [5.41, 5.74) is 3.52. The van der Waals surface area contributed by atoms with Crippen LogP contribution in [0.2, 0.25) is 0 Å². The van der Waals surface area contributed by atoms with Crippen molar-refractivity contribution in [3.05, 3.63) is 64.2 Å². The minimum Gasteiger partial charge on any atom is -0.492 e. The number of methoxy groups -OCH3 is 1. The van der Waals surface area contributed by atoms with Crippen LogP contribution in [-0.2, 0) is 81.4 Å². The van der Waals surface area contributed by atoms with E-state index in [1.54, 1.807) is 0 Å². The summed E-state index contributed by atoms with van der Waals surface area (Å²) in [7, 11) is 6.93. The number of halogens is 1. The second kappa shape index (κ2) is 28.1. The van der Waals surface area contributed by atoms with Crippen LogP contribution in [0.15, 0.2) is 42.5 Å². The van der Waals surface area contributed by atoms with Gasteiger partial charge in [-0.2, -0.15) is 0 Å². The fraction of sp³-hybridized carbons (Fsp3) is 0.488. The van der Waals surface area contributed by atoms with Crippen molar-refractivity contribution in [2.45, 2.75) is 86.7 Å². The van der Waals surface area contributed by atoms with Crippen LogP contribution in [0.4, 0.5) is 5.69 Å². The number of aromatic nitrogens is 1. The first-order valence-corrected chi connectivity index (χ1v) is 19.4. The van der Waals surface area contributed by atoms with Crippen molar-refractivity contribution in [1.29, 1.82) is 0 Å². The molecule has 12 heteroatoms. The molecule has 0 fully saturated rings. The Hall–Kier alpha value is -1.37. The van der Waals surface area contributed by atoms with Crippen LogP contribution in [0.1, 0.15) is 90.2 Å². The maximum atomic E-state index is 13.9. The van der Waals surface area contributed by atoms with Gasteiger partial charge in [0.1, 0.15) is 29.9 Å². The molecule has 2 radical (unpaired) electrons. The maximum absolute atomic E-state index is 13.9. The Labute approximate surface area is 375 Å². The molecule has 0 bridgehead atoms. The Morgan fingerprint density at radius 2 is 1.72 bits per heavy atom. The van der Waals surface area contributed by atoms with Gasteiger partial charge in [-0.1, -0.05) is 66.2 Å². The molecule has 1 atom stereocenters. The molecule has 2 heterocycles. The topological polar surface area (TPSA) is 84.1 Å². The molecule has 2 aromatic carbocycles. The zero-order valence-corrected chi connectivity index (χ0v) is 40.7. The molecule has 2 aliphatic rings. The van der Waals surface area contributed by atoms with E-state index in [2.05, 4.69) is 51.1 Å². The molecule has 1 aliphatic carbocycles. The summed E-state index contributed by atoms with van der Waals surface area (Å²) in [5.74, 6) is 1.87. The van der Waals surface area contributed by atoms with Crippen molar-refractivity contribution in [1.82, 2.24) is 9.88 Å². The van der Waals surface area contributed by atoms with Gasteiger partial charge in [0, 0.05) is 107 Å². The maximum Gasteiger partial charge on any atom is 0.319 e. The largest absolute Gasteiger partial charge is 0.492 e. The summed E-state index contributed by atoms with van der Waals surface area (Å²) in [6.07, 6.45) is 13.4. The second-order valence-corrected chi connectivity index (χ2v) is 13.0. The molecule has 1 aliphatic heterocycles. The number of amides is 1. The van der Waals surface area contributed by atoms with Gasteiger partial charge in [0.25, 0.3) is 5.91 Å². The number of nitrogens with one attached hydrogen (secondary N) is 1. The molecule has 8 nitrogen and oxygen atoms in total. The molecule has 0 saturated heterocycles. The first-order chi connectivity index (χ1) is 24.7. The molecule has 53 heavy (non-hydrogen) atoms. The van der Waals surface area contributed by atoms with Gasteiger partial charge in [0.15, 0.2) is 0 Å². The van der Waals surface area contributed by atoms with Crippen LogP contribution >= 0.6 is 20.5 Å². The summed E-state index contributed by atoms with van der Waals surface area (Å²) in [6, 6.07) is 9.68. The molecule has 1 unspecified atom stereocenters. The van der Waals surface area contributed by atoms with Crippen LogP contribution in [0.25, 0.3) is 23.1 Å². The number of hydrogen-bond acceptors (Lipinski definition) is 6. The summed E-state index contributed by atoms with van der Waals surface area (Å²) in [4.78, 5) is 32.4. The Morgan fingerprint density at radius 1 is 1.06 bits per heavy atom. The Kier molecular flexibility index (Phi) is 27.4. The van der Waals surface area contributed by atoms with Gasteiger partial charge < -0.3 is 24.1 Å². The number of rotatable bonds is 13. The van der Waals surface area contributed by atoms with E-state index in [1.807, 2.05) is 82.7 Å². The monoisotopic (exact) mass is 917 g/mol. The number of alkyl halides is 1. The van der Waals surface area contributed by atoms with E-state index in [-0.39, 0.29) is 89.9 Å². The smallest absolute Gasteiger partial charge is 0.319 e. The Balaban J connectivity index is 0.00000281. The first kappa shape index (κ1) is 51.6. The second-order valence-electron chi connectivity index (χ2n) is 11.7. The number of carbonyl (C=O) groups is 2. The van der Waals surface area contributed by atoms with E-state index in [4.69, 9.17) is 25.8 Å². The van der Waals surface area contributed by atoms with Crippen LogP contribution in [0.5, 0.6) is 11.5 Å². The summed E-state index contributed by atoms with van der Waals surface area (Å²) >= 11 is 5.00. The minimum atomic E-state index is -0.282. The van der Waals surface area contributed by atoms with E-state index in [1.165, 1.54) is 17.9 Å². The van der Waals surface area contributed by atoms with Gasteiger partial charge in [-0.15, -0.1) is 20.5 Å². The molecule has 5 rings (SSSR count). The third kappa shape index (κ3) is 15.2. The number of esters is 1. The minimum absolute atomic E-state index is 0. The van der Waals surface area contributed by atoms with Crippen molar-refractivity contribution in [2.24, 2.45) is 0 Å². The van der Waals surface area contributed by atoms with Crippen LogP contribution in [0.3, 0.4) is 0 Å². The molecular formula is C41H59ClN3O5PY2. The molecule has 1 amide bonds. The number of nitrogens with zero attached hydrogens (tertiary/aromatic N) is 2. The number of aromatic amines is 1. The number of likely N-dealkylation sites (N-methyl/N-ethyl adjacent to an activating group) is 1. The molecule has 286 valence electrons. The summed E-state index contributed by atoms with van der Waals surface area (Å²) in [5, 5.41) is 4.21. The number of benzene rings is 2. The van der Waals surface area contributed by atoms with Crippen LogP contribution in [0, 0.1) is 0 Å². The number of anilines is 1. The Morgan fingerprint density at radius 3 is 2.34 bits per heavy atom. The van der Waals surface area contributed by atoms with Gasteiger partial charge in [-0.3, -0.25) is 14.5 Å². The number of allylic oxidation sites excluding steroid dienone is 1. The molecule has 0 saturated carbocycles. The third-order valence-electron chi connectivity index (χ3n) is 8.08. The van der Waals surface area contributed by atoms with E-state index < -0.39 is 0 Å². The summed E-state index contributed by atoms with van der Waals surface area (Å²) < 4.78 is 17.2. The first-order valence-electron chi connectivity index (χ1n) is 18.3. The number of fused-ring (bicyclic) bond motifs is 4. The normalized spacial score (nSPS) is 12.7. The number of hydrogen-bond donors (Lipinski definition) is 1.